The second-order valence-corrected chi connectivity index (χ2v) is 6.58. The van der Waals surface area contributed by atoms with Crippen molar-refractivity contribution >= 4 is 11.5 Å². The van der Waals surface area contributed by atoms with Crippen molar-refractivity contribution in [3.63, 3.8) is 0 Å². The van der Waals surface area contributed by atoms with Gasteiger partial charge in [-0.1, -0.05) is 54.6 Å². The highest BCUT2D eigenvalue weighted by molar-refractivity contribution is 6.04. The number of anilines is 1. The SMILES string of the molecule is O=C(C=CNc1cc(C(F)(F)F)cc(C(F)(F)F)c1)c1ccc(-c2ccccc2)cc1. The minimum absolute atomic E-state index is 0.0360. The van der Waals surface area contributed by atoms with Crippen LogP contribution in [0.3, 0.4) is 0 Å². The maximum atomic E-state index is 12.9. The summed E-state index contributed by atoms with van der Waals surface area (Å²) in [6.45, 7) is 0. The Bertz CT molecular complexity index is 1050. The second kappa shape index (κ2) is 8.67. The first-order chi connectivity index (χ1) is 14.5. The average Bonchev–Trinajstić information content (AvgIpc) is 2.73. The summed E-state index contributed by atoms with van der Waals surface area (Å²) < 4.78 is 77.4. The lowest BCUT2D eigenvalue weighted by Crippen LogP contribution is -2.11. The molecule has 0 bridgehead atoms. The van der Waals surface area contributed by atoms with Crippen molar-refractivity contribution in [2.45, 2.75) is 12.4 Å². The lowest BCUT2D eigenvalue weighted by molar-refractivity contribution is -0.143. The quantitative estimate of drug-likeness (QED) is 0.261. The van der Waals surface area contributed by atoms with E-state index in [-0.39, 0.29) is 6.07 Å². The molecule has 160 valence electrons. The molecule has 0 heterocycles. The first kappa shape index (κ1) is 22.1. The van der Waals surface area contributed by atoms with E-state index in [9.17, 15) is 31.1 Å². The van der Waals surface area contributed by atoms with Gasteiger partial charge >= 0.3 is 12.4 Å². The van der Waals surface area contributed by atoms with Crippen molar-refractivity contribution in [1.29, 1.82) is 0 Å². The Morgan fingerprint density at radius 3 is 1.74 bits per heavy atom. The Morgan fingerprint density at radius 2 is 1.23 bits per heavy atom. The number of carbonyl (C=O) groups excluding carboxylic acids is 1. The smallest absolute Gasteiger partial charge is 0.362 e. The molecule has 0 aromatic heterocycles. The van der Waals surface area contributed by atoms with Crippen LogP contribution in [0.2, 0.25) is 0 Å². The van der Waals surface area contributed by atoms with E-state index in [2.05, 4.69) is 5.32 Å². The highest BCUT2D eigenvalue weighted by Crippen LogP contribution is 2.37. The Kier molecular flexibility index (Phi) is 6.19. The number of alkyl halides is 6. The van der Waals surface area contributed by atoms with Crippen molar-refractivity contribution in [3.8, 4) is 11.1 Å². The Labute approximate surface area is 173 Å². The van der Waals surface area contributed by atoms with Gasteiger partial charge in [0.05, 0.1) is 11.1 Å². The van der Waals surface area contributed by atoms with Gasteiger partial charge in [-0.05, 0) is 29.3 Å². The van der Waals surface area contributed by atoms with Crippen molar-refractivity contribution in [1.82, 2.24) is 0 Å². The zero-order valence-corrected chi connectivity index (χ0v) is 15.8. The number of nitrogens with one attached hydrogen (secondary N) is 1. The van der Waals surface area contributed by atoms with E-state index in [1.807, 2.05) is 30.3 Å². The van der Waals surface area contributed by atoms with Crippen LogP contribution in [0.5, 0.6) is 0 Å². The van der Waals surface area contributed by atoms with Crippen molar-refractivity contribution < 1.29 is 31.1 Å². The molecule has 0 amide bonds. The molecular formula is C23H15F6NO. The number of rotatable bonds is 5. The van der Waals surface area contributed by atoms with Crippen molar-refractivity contribution in [2.75, 3.05) is 5.32 Å². The van der Waals surface area contributed by atoms with E-state index >= 15 is 0 Å². The van der Waals surface area contributed by atoms with Crippen LogP contribution in [0.15, 0.2) is 85.1 Å². The number of allylic oxidation sites excluding steroid dienone is 1. The Morgan fingerprint density at radius 1 is 0.710 bits per heavy atom. The van der Waals surface area contributed by atoms with Crippen LogP contribution in [-0.4, -0.2) is 5.78 Å². The van der Waals surface area contributed by atoms with Crippen LogP contribution in [0.25, 0.3) is 11.1 Å². The van der Waals surface area contributed by atoms with E-state index in [0.29, 0.717) is 17.7 Å². The molecule has 0 atom stereocenters. The molecule has 3 rings (SSSR count). The molecule has 0 aliphatic heterocycles. The third-order valence-electron chi connectivity index (χ3n) is 4.35. The number of halogens is 6. The monoisotopic (exact) mass is 435 g/mol. The van der Waals surface area contributed by atoms with Crippen LogP contribution < -0.4 is 5.32 Å². The fourth-order valence-electron chi connectivity index (χ4n) is 2.81. The van der Waals surface area contributed by atoms with Gasteiger partial charge in [0.25, 0.3) is 0 Å². The van der Waals surface area contributed by atoms with Crippen LogP contribution in [0, 0.1) is 0 Å². The molecule has 8 heteroatoms. The molecule has 31 heavy (non-hydrogen) atoms. The number of hydrogen-bond donors (Lipinski definition) is 1. The molecule has 3 aromatic rings. The van der Waals surface area contributed by atoms with Crippen molar-refractivity contribution in [2.24, 2.45) is 0 Å². The fourth-order valence-corrected chi connectivity index (χ4v) is 2.81. The molecular weight excluding hydrogens is 420 g/mol. The van der Waals surface area contributed by atoms with Gasteiger partial charge in [0.1, 0.15) is 0 Å². The standard InChI is InChI=1S/C23H15F6NO/c24-22(25,26)18-12-19(23(27,28)29)14-20(13-18)30-11-10-21(31)17-8-6-16(7-9-17)15-4-2-1-3-5-15/h1-14,30H. The molecule has 0 fully saturated rings. The number of ketones is 1. The van der Waals surface area contributed by atoms with Crippen molar-refractivity contribution in [3.05, 3.63) is 102 Å². The summed E-state index contributed by atoms with van der Waals surface area (Å²) >= 11 is 0. The van der Waals surface area contributed by atoms with Gasteiger partial charge in [-0.2, -0.15) is 26.3 Å². The normalized spacial score (nSPS) is 12.2. The van der Waals surface area contributed by atoms with E-state index < -0.39 is 35.0 Å². The Balaban J connectivity index is 1.75. The van der Waals surface area contributed by atoms with Crippen LogP contribution >= 0.6 is 0 Å². The summed E-state index contributed by atoms with van der Waals surface area (Å²) in [5.41, 5.74) is -1.16. The molecule has 0 unspecified atom stereocenters. The maximum Gasteiger partial charge on any atom is 0.416 e. The molecule has 0 saturated carbocycles. The highest BCUT2D eigenvalue weighted by atomic mass is 19.4. The van der Waals surface area contributed by atoms with Gasteiger partial charge in [0.15, 0.2) is 5.78 Å². The van der Waals surface area contributed by atoms with Crippen LogP contribution in [0.4, 0.5) is 32.0 Å². The number of carbonyl (C=O) groups is 1. The lowest BCUT2D eigenvalue weighted by atomic mass is 10.0. The van der Waals surface area contributed by atoms with Crippen LogP contribution in [0.1, 0.15) is 21.5 Å². The minimum atomic E-state index is -4.95. The van der Waals surface area contributed by atoms with Gasteiger partial charge in [-0.3, -0.25) is 4.79 Å². The summed E-state index contributed by atoms with van der Waals surface area (Å²) in [6.07, 6.45) is -7.86. The molecule has 3 aromatic carbocycles. The summed E-state index contributed by atoms with van der Waals surface area (Å²) in [7, 11) is 0. The third-order valence-corrected chi connectivity index (χ3v) is 4.35. The molecule has 0 spiro atoms. The first-order valence-electron chi connectivity index (χ1n) is 8.96. The van der Waals surface area contributed by atoms with Gasteiger partial charge in [-0.25, -0.2) is 0 Å². The first-order valence-corrected chi connectivity index (χ1v) is 8.96. The predicted molar refractivity (Wildman–Crippen MR) is 105 cm³/mol. The molecule has 1 N–H and O–H groups in total. The Hall–Kier alpha value is -3.55. The summed E-state index contributed by atoms with van der Waals surface area (Å²) in [5.74, 6) is -0.463. The maximum absolute atomic E-state index is 12.9. The molecule has 0 aliphatic carbocycles. The van der Waals surface area contributed by atoms with Gasteiger partial charge in [0.2, 0.25) is 0 Å². The van der Waals surface area contributed by atoms with E-state index in [0.717, 1.165) is 23.4 Å². The largest absolute Gasteiger partial charge is 0.416 e. The summed E-state index contributed by atoms with van der Waals surface area (Å²) in [5, 5.41) is 2.31. The predicted octanol–water partition coefficient (Wildman–Crippen LogP) is 7.20. The van der Waals surface area contributed by atoms with Gasteiger partial charge < -0.3 is 5.32 Å². The number of hydrogen-bond acceptors (Lipinski definition) is 2. The van der Waals surface area contributed by atoms with E-state index in [1.54, 1.807) is 24.3 Å². The molecule has 2 nitrogen and oxygen atoms in total. The average molecular weight is 435 g/mol. The fraction of sp³-hybridized carbons (Fsp3) is 0.0870. The zero-order valence-electron chi connectivity index (χ0n) is 15.8. The summed E-state index contributed by atoms with van der Waals surface area (Å²) in [4.78, 5) is 12.2. The van der Waals surface area contributed by atoms with Gasteiger partial charge in [-0.15, -0.1) is 0 Å². The molecule has 0 saturated heterocycles. The summed E-state index contributed by atoms with van der Waals surface area (Å²) in [6, 6.07) is 17.2. The lowest BCUT2D eigenvalue weighted by Gasteiger charge is -2.14. The molecule has 0 radical (unpaired) electrons. The zero-order chi connectivity index (χ0) is 22.6. The second-order valence-electron chi connectivity index (χ2n) is 6.58. The minimum Gasteiger partial charge on any atom is -0.362 e. The van der Waals surface area contributed by atoms with Gasteiger partial charge in [0, 0.05) is 23.5 Å². The van der Waals surface area contributed by atoms with Crippen LogP contribution in [-0.2, 0) is 12.4 Å². The third kappa shape index (κ3) is 5.75. The highest BCUT2D eigenvalue weighted by Gasteiger charge is 2.36. The van der Waals surface area contributed by atoms with E-state index in [4.69, 9.17) is 0 Å². The van der Waals surface area contributed by atoms with E-state index in [1.165, 1.54) is 0 Å². The number of benzene rings is 3. The molecule has 0 aliphatic rings. The topological polar surface area (TPSA) is 29.1 Å².